The summed E-state index contributed by atoms with van der Waals surface area (Å²) in [5.41, 5.74) is -0.107. The van der Waals surface area contributed by atoms with Gasteiger partial charge in [-0.2, -0.15) is 0 Å². The second kappa shape index (κ2) is 5.54. The first kappa shape index (κ1) is 19.8. The molecule has 0 bridgehead atoms. The standard InChI is InChI=1S/C25H30O5/c1-13-19(27)18-14(12-29-21(18)28)24(5)11-16-23(4)9-8-17(26)22(2,3)15(23)7-10-25(16,6)30-20(13)24/h8-9,15-16H,7,10-12H2,1-6H3/t15-,16+,23-,24+,25-/m0/s1. The molecule has 3 aliphatic carbocycles. The van der Waals surface area contributed by atoms with Gasteiger partial charge in [0.2, 0.25) is 0 Å². The summed E-state index contributed by atoms with van der Waals surface area (Å²) in [7, 11) is 0. The van der Waals surface area contributed by atoms with E-state index in [1.165, 1.54) is 0 Å². The maximum atomic E-state index is 12.9. The number of esters is 1. The van der Waals surface area contributed by atoms with Gasteiger partial charge in [0.15, 0.2) is 11.6 Å². The van der Waals surface area contributed by atoms with Gasteiger partial charge in [0.25, 0.3) is 0 Å². The van der Waals surface area contributed by atoms with E-state index in [1.54, 1.807) is 13.0 Å². The average Bonchev–Trinajstić information content (AvgIpc) is 3.06. The fourth-order valence-corrected chi connectivity index (χ4v) is 7.35. The number of allylic oxidation sites excluding steroid dienone is 4. The first-order chi connectivity index (χ1) is 13.9. The minimum atomic E-state index is -0.548. The van der Waals surface area contributed by atoms with Crippen molar-refractivity contribution in [2.75, 3.05) is 6.61 Å². The molecule has 5 atom stereocenters. The van der Waals surface area contributed by atoms with Gasteiger partial charge in [-0.3, -0.25) is 9.59 Å². The number of fused-ring (bicyclic) bond motifs is 5. The molecule has 2 fully saturated rings. The van der Waals surface area contributed by atoms with Crippen LogP contribution >= 0.6 is 0 Å². The molecule has 5 heteroatoms. The van der Waals surface area contributed by atoms with Crippen molar-refractivity contribution in [2.45, 2.75) is 66.4 Å². The Balaban J connectivity index is 1.67. The molecule has 5 nitrogen and oxygen atoms in total. The highest BCUT2D eigenvalue weighted by atomic mass is 16.5. The summed E-state index contributed by atoms with van der Waals surface area (Å²) >= 11 is 0. The fraction of sp³-hybridized carbons (Fsp3) is 0.640. The zero-order valence-electron chi connectivity index (χ0n) is 18.7. The second-order valence-electron chi connectivity index (χ2n) is 11.1. The molecular weight excluding hydrogens is 380 g/mol. The number of Topliss-reactive ketones (excluding diaryl/α,β-unsaturated/α-hetero) is 1. The molecule has 5 rings (SSSR count). The zero-order chi connectivity index (χ0) is 21.9. The predicted molar refractivity (Wildman–Crippen MR) is 110 cm³/mol. The van der Waals surface area contributed by atoms with Crippen molar-refractivity contribution < 1.29 is 23.9 Å². The van der Waals surface area contributed by atoms with Crippen LogP contribution in [0, 0.1) is 28.1 Å². The van der Waals surface area contributed by atoms with Crippen LogP contribution in [0.15, 0.2) is 34.6 Å². The van der Waals surface area contributed by atoms with Crippen molar-refractivity contribution >= 4 is 17.5 Å². The van der Waals surface area contributed by atoms with Crippen LogP contribution in [0.1, 0.15) is 60.8 Å². The third kappa shape index (κ3) is 2.11. The highest BCUT2D eigenvalue weighted by molar-refractivity contribution is 6.26. The van der Waals surface area contributed by atoms with Gasteiger partial charge in [-0.15, -0.1) is 0 Å². The Hall–Kier alpha value is -2.17. The van der Waals surface area contributed by atoms with Gasteiger partial charge < -0.3 is 9.47 Å². The smallest absolute Gasteiger partial charge is 0.342 e. The van der Waals surface area contributed by atoms with E-state index in [2.05, 4.69) is 40.7 Å². The highest BCUT2D eigenvalue weighted by Crippen LogP contribution is 2.67. The number of cyclic esters (lactones) is 1. The quantitative estimate of drug-likeness (QED) is 0.445. The van der Waals surface area contributed by atoms with E-state index in [4.69, 9.17) is 9.47 Å². The van der Waals surface area contributed by atoms with E-state index < -0.39 is 22.4 Å². The molecule has 160 valence electrons. The predicted octanol–water partition coefficient (Wildman–Crippen LogP) is 4.08. The summed E-state index contributed by atoms with van der Waals surface area (Å²) in [6.07, 6.45) is 6.38. The van der Waals surface area contributed by atoms with Crippen LogP contribution in [0.4, 0.5) is 0 Å². The van der Waals surface area contributed by atoms with Gasteiger partial charge >= 0.3 is 5.97 Å². The van der Waals surface area contributed by atoms with Crippen LogP contribution in [-0.4, -0.2) is 29.7 Å². The van der Waals surface area contributed by atoms with Gasteiger partial charge in [-0.1, -0.05) is 26.8 Å². The summed E-state index contributed by atoms with van der Waals surface area (Å²) in [4.78, 5) is 38.0. The molecule has 2 aliphatic heterocycles. The lowest BCUT2D eigenvalue weighted by atomic mass is 9.44. The average molecular weight is 411 g/mol. The third-order valence-electron chi connectivity index (χ3n) is 9.14. The van der Waals surface area contributed by atoms with E-state index >= 15 is 0 Å². The molecule has 0 aromatic rings. The largest absolute Gasteiger partial charge is 0.490 e. The van der Waals surface area contributed by atoms with E-state index in [9.17, 15) is 14.4 Å². The number of ketones is 2. The van der Waals surface area contributed by atoms with Crippen LogP contribution in [-0.2, 0) is 23.9 Å². The summed E-state index contributed by atoms with van der Waals surface area (Å²) in [5, 5.41) is 0. The Bertz CT molecular complexity index is 1010. The lowest BCUT2D eigenvalue weighted by Crippen LogP contribution is -2.62. The van der Waals surface area contributed by atoms with Crippen LogP contribution in [0.3, 0.4) is 0 Å². The first-order valence-corrected chi connectivity index (χ1v) is 11.0. The van der Waals surface area contributed by atoms with E-state index in [0.29, 0.717) is 11.3 Å². The molecule has 2 heterocycles. The molecular formula is C25H30O5. The van der Waals surface area contributed by atoms with Crippen molar-refractivity contribution in [3.05, 3.63) is 34.6 Å². The highest BCUT2D eigenvalue weighted by Gasteiger charge is 2.65. The Labute approximate surface area is 177 Å². The maximum Gasteiger partial charge on any atom is 0.342 e. The van der Waals surface area contributed by atoms with Gasteiger partial charge in [0.05, 0.1) is 5.41 Å². The molecule has 0 aromatic heterocycles. The Morgan fingerprint density at radius 3 is 2.43 bits per heavy atom. The maximum absolute atomic E-state index is 12.9. The number of rotatable bonds is 0. The molecule has 1 saturated carbocycles. The van der Waals surface area contributed by atoms with Gasteiger partial charge in [0, 0.05) is 16.9 Å². The topological polar surface area (TPSA) is 69.7 Å². The van der Waals surface area contributed by atoms with Gasteiger partial charge in [-0.05, 0) is 63.0 Å². The van der Waals surface area contributed by atoms with Crippen LogP contribution in [0.5, 0.6) is 0 Å². The fourth-order valence-electron chi connectivity index (χ4n) is 7.35. The first-order valence-electron chi connectivity index (χ1n) is 11.0. The molecule has 0 N–H and O–H groups in total. The minimum Gasteiger partial charge on any atom is -0.490 e. The second-order valence-corrected chi connectivity index (χ2v) is 11.1. The number of hydrogen-bond acceptors (Lipinski definition) is 5. The van der Waals surface area contributed by atoms with Crippen LogP contribution in [0.25, 0.3) is 0 Å². The monoisotopic (exact) mass is 410 g/mol. The lowest BCUT2D eigenvalue weighted by molar-refractivity contribution is -0.189. The van der Waals surface area contributed by atoms with Crippen molar-refractivity contribution in [3.63, 3.8) is 0 Å². The van der Waals surface area contributed by atoms with Crippen molar-refractivity contribution in [1.82, 2.24) is 0 Å². The molecule has 30 heavy (non-hydrogen) atoms. The molecule has 0 amide bonds. The van der Waals surface area contributed by atoms with Crippen LogP contribution < -0.4 is 0 Å². The third-order valence-corrected chi connectivity index (χ3v) is 9.14. The van der Waals surface area contributed by atoms with Gasteiger partial charge in [-0.25, -0.2) is 4.79 Å². The van der Waals surface area contributed by atoms with Crippen molar-refractivity contribution in [2.24, 2.45) is 28.1 Å². The molecule has 5 aliphatic rings. The van der Waals surface area contributed by atoms with Crippen molar-refractivity contribution in [3.8, 4) is 0 Å². The summed E-state index contributed by atoms with van der Waals surface area (Å²) in [5.74, 6) is 0.494. The number of ether oxygens (including phenoxy) is 2. The lowest BCUT2D eigenvalue weighted by Gasteiger charge is -2.64. The Kier molecular flexibility index (Phi) is 3.65. The summed E-state index contributed by atoms with van der Waals surface area (Å²) in [6, 6.07) is 0. The van der Waals surface area contributed by atoms with Gasteiger partial charge in [0.1, 0.15) is 23.5 Å². The minimum absolute atomic E-state index is 0.145. The molecule has 1 saturated heterocycles. The van der Waals surface area contributed by atoms with Crippen molar-refractivity contribution in [1.29, 1.82) is 0 Å². The number of carbonyl (C=O) groups excluding carboxylic acids is 3. The normalized spacial score (nSPS) is 44.1. The number of hydrogen-bond donors (Lipinski definition) is 0. The van der Waals surface area contributed by atoms with E-state index in [-0.39, 0.29) is 41.0 Å². The zero-order valence-corrected chi connectivity index (χ0v) is 18.7. The van der Waals surface area contributed by atoms with Crippen LogP contribution in [0.2, 0.25) is 0 Å². The molecule has 0 spiro atoms. The SMILES string of the molecule is CC1=C2O[C@@]3(C)CC[C@H]4C(C)(C)C(=O)C=C[C@]4(C)[C@H]3C[C@]2(C)C2=C(C(=O)OC2)C1=O. The van der Waals surface area contributed by atoms with E-state index in [1.807, 2.05) is 0 Å². The Morgan fingerprint density at radius 2 is 1.73 bits per heavy atom. The summed E-state index contributed by atoms with van der Waals surface area (Å²) in [6.45, 7) is 12.6. The van der Waals surface area contributed by atoms with E-state index in [0.717, 1.165) is 24.8 Å². The summed E-state index contributed by atoms with van der Waals surface area (Å²) < 4.78 is 12.1. The molecule has 0 aromatic carbocycles. The molecule has 0 radical (unpaired) electrons. The molecule has 0 unspecified atom stereocenters. The number of carbonyl (C=O) groups is 3. The Morgan fingerprint density at radius 1 is 1.03 bits per heavy atom.